The lowest BCUT2D eigenvalue weighted by molar-refractivity contribution is 0.114. The molecule has 0 aliphatic carbocycles. The molecule has 1 heterocycles. The Bertz CT molecular complexity index is 74.9. The van der Waals surface area contributed by atoms with Gasteiger partial charge in [0, 0.05) is 12.6 Å². The third-order valence-corrected chi connectivity index (χ3v) is 1.75. The van der Waals surface area contributed by atoms with E-state index >= 15 is 0 Å². The van der Waals surface area contributed by atoms with Gasteiger partial charge in [-0.25, -0.2) is 0 Å². The maximum atomic E-state index is 5.29. The minimum atomic E-state index is 0.417. The van der Waals surface area contributed by atoms with Gasteiger partial charge in [0.1, 0.15) is 0 Å². The van der Waals surface area contributed by atoms with E-state index in [-0.39, 0.29) is 0 Å². The van der Waals surface area contributed by atoms with Crippen LogP contribution >= 0.6 is 0 Å². The normalized spacial score (nSPS) is 38.2. The zero-order chi connectivity index (χ0) is 5.98. The fourth-order valence-corrected chi connectivity index (χ4v) is 1.11. The monoisotopic (exact) mass is 115 g/mol. The van der Waals surface area contributed by atoms with Gasteiger partial charge in [-0.05, 0) is 20.4 Å². The van der Waals surface area contributed by atoms with E-state index in [9.17, 15) is 0 Å². The van der Waals surface area contributed by atoms with Crippen molar-refractivity contribution < 1.29 is 4.74 Å². The molecular formula is C6H13NO. The Kier molecular flexibility index (Phi) is 1.86. The SMILES string of the molecule is CN[C@H]1CCOC1C. The molecule has 1 fully saturated rings. The molecule has 0 saturated carbocycles. The van der Waals surface area contributed by atoms with Crippen molar-refractivity contribution >= 4 is 0 Å². The third-order valence-electron chi connectivity index (χ3n) is 1.75. The molecule has 0 amide bonds. The average molecular weight is 115 g/mol. The molecule has 0 aromatic carbocycles. The van der Waals surface area contributed by atoms with Crippen LogP contribution in [0.1, 0.15) is 13.3 Å². The summed E-state index contributed by atoms with van der Waals surface area (Å²) in [7, 11) is 1.98. The Morgan fingerprint density at radius 2 is 2.38 bits per heavy atom. The van der Waals surface area contributed by atoms with E-state index in [1.54, 1.807) is 0 Å². The second kappa shape index (κ2) is 2.46. The molecule has 2 atom stereocenters. The van der Waals surface area contributed by atoms with Crippen molar-refractivity contribution in [3.63, 3.8) is 0 Å². The molecule has 48 valence electrons. The van der Waals surface area contributed by atoms with Crippen LogP contribution in [0.5, 0.6) is 0 Å². The number of likely N-dealkylation sites (N-methyl/N-ethyl adjacent to an activating group) is 1. The van der Waals surface area contributed by atoms with E-state index in [1.165, 1.54) is 0 Å². The van der Waals surface area contributed by atoms with Crippen LogP contribution < -0.4 is 5.32 Å². The standard InChI is InChI=1S/C6H13NO/c1-5-6(7-2)3-4-8-5/h5-7H,3-4H2,1-2H3/t5?,6-/m0/s1. The van der Waals surface area contributed by atoms with Gasteiger partial charge in [0.25, 0.3) is 0 Å². The number of hydrogen-bond acceptors (Lipinski definition) is 2. The summed E-state index contributed by atoms with van der Waals surface area (Å²) in [5.41, 5.74) is 0. The van der Waals surface area contributed by atoms with Crippen molar-refractivity contribution in [2.45, 2.75) is 25.5 Å². The average Bonchev–Trinajstić information content (AvgIpc) is 2.14. The van der Waals surface area contributed by atoms with Gasteiger partial charge in [-0.15, -0.1) is 0 Å². The summed E-state index contributed by atoms with van der Waals surface area (Å²) < 4.78 is 5.29. The van der Waals surface area contributed by atoms with E-state index in [1.807, 2.05) is 7.05 Å². The second-order valence-corrected chi connectivity index (χ2v) is 2.26. The van der Waals surface area contributed by atoms with Crippen molar-refractivity contribution in [2.24, 2.45) is 0 Å². The highest BCUT2D eigenvalue weighted by Gasteiger charge is 2.21. The number of hydrogen-bond donors (Lipinski definition) is 1. The minimum absolute atomic E-state index is 0.417. The highest BCUT2D eigenvalue weighted by Crippen LogP contribution is 2.10. The number of rotatable bonds is 1. The predicted octanol–water partition coefficient (Wildman–Crippen LogP) is 0.383. The van der Waals surface area contributed by atoms with Crippen molar-refractivity contribution in [1.82, 2.24) is 5.32 Å². The first kappa shape index (κ1) is 6.05. The quantitative estimate of drug-likeness (QED) is 0.533. The van der Waals surface area contributed by atoms with Gasteiger partial charge in [0.15, 0.2) is 0 Å². The zero-order valence-corrected chi connectivity index (χ0v) is 5.48. The molecule has 0 radical (unpaired) electrons. The van der Waals surface area contributed by atoms with E-state index in [0.717, 1.165) is 13.0 Å². The lowest BCUT2D eigenvalue weighted by atomic mass is 10.2. The molecule has 2 heteroatoms. The Hall–Kier alpha value is -0.0800. The van der Waals surface area contributed by atoms with Crippen LogP contribution in [0.2, 0.25) is 0 Å². The van der Waals surface area contributed by atoms with Crippen LogP contribution in [0, 0.1) is 0 Å². The van der Waals surface area contributed by atoms with Crippen molar-refractivity contribution in [1.29, 1.82) is 0 Å². The van der Waals surface area contributed by atoms with Gasteiger partial charge in [-0.3, -0.25) is 0 Å². The van der Waals surface area contributed by atoms with Crippen LogP contribution in [0.25, 0.3) is 0 Å². The molecule has 2 nitrogen and oxygen atoms in total. The summed E-state index contributed by atoms with van der Waals surface area (Å²) in [4.78, 5) is 0. The summed E-state index contributed by atoms with van der Waals surface area (Å²) >= 11 is 0. The van der Waals surface area contributed by atoms with Crippen molar-refractivity contribution in [3.05, 3.63) is 0 Å². The first-order chi connectivity index (χ1) is 3.84. The van der Waals surface area contributed by atoms with E-state index in [2.05, 4.69) is 12.2 Å². The van der Waals surface area contributed by atoms with Gasteiger partial charge in [0.05, 0.1) is 6.10 Å². The van der Waals surface area contributed by atoms with Gasteiger partial charge >= 0.3 is 0 Å². The van der Waals surface area contributed by atoms with E-state index in [0.29, 0.717) is 12.1 Å². The van der Waals surface area contributed by atoms with Crippen molar-refractivity contribution in [3.8, 4) is 0 Å². The van der Waals surface area contributed by atoms with Crippen molar-refractivity contribution in [2.75, 3.05) is 13.7 Å². The first-order valence-corrected chi connectivity index (χ1v) is 3.13. The van der Waals surface area contributed by atoms with Crippen LogP contribution in [0.3, 0.4) is 0 Å². The Labute approximate surface area is 50.2 Å². The van der Waals surface area contributed by atoms with E-state index in [4.69, 9.17) is 4.74 Å². The zero-order valence-electron chi connectivity index (χ0n) is 5.48. The maximum absolute atomic E-state index is 5.29. The third kappa shape index (κ3) is 1.01. The molecule has 1 aliphatic rings. The van der Waals surface area contributed by atoms with Crippen LogP contribution in [0.15, 0.2) is 0 Å². The van der Waals surface area contributed by atoms with Gasteiger partial charge in [0.2, 0.25) is 0 Å². The minimum Gasteiger partial charge on any atom is -0.377 e. The molecule has 8 heavy (non-hydrogen) atoms. The van der Waals surface area contributed by atoms with Crippen LogP contribution in [-0.2, 0) is 4.74 Å². The molecule has 0 spiro atoms. The maximum Gasteiger partial charge on any atom is 0.0700 e. The summed E-state index contributed by atoms with van der Waals surface area (Å²) in [6.07, 6.45) is 1.58. The predicted molar refractivity (Wildman–Crippen MR) is 32.9 cm³/mol. The van der Waals surface area contributed by atoms with Crippen LogP contribution in [0.4, 0.5) is 0 Å². The Morgan fingerprint density at radius 1 is 1.62 bits per heavy atom. The molecule has 1 saturated heterocycles. The molecule has 1 N–H and O–H groups in total. The summed E-state index contributed by atoms with van der Waals surface area (Å²) in [5.74, 6) is 0. The molecule has 1 aliphatic heterocycles. The molecule has 0 bridgehead atoms. The highest BCUT2D eigenvalue weighted by molar-refractivity contribution is 4.76. The number of nitrogens with one attached hydrogen (secondary N) is 1. The highest BCUT2D eigenvalue weighted by atomic mass is 16.5. The lowest BCUT2D eigenvalue weighted by Gasteiger charge is -2.10. The Morgan fingerprint density at radius 3 is 2.62 bits per heavy atom. The second-order valence-electron chi connectivity index (χ2n) is 2.26. The first-order valence-electron chi connectivity index (χ1n) is 3.13. The van der Waals surface area contributed by atoms with Gasteiger partial charge in [-0.1, -0.05) is 0 Å². The fourth-order valence-electron chi connectivity index (χ4n) is 1.11. The molecule has 1 rings (SSSR count). The molecule has 0 aromatic rings. The summed E-state index contributed by atoms with van der Waals surface area (Å²) in [6, 6.07) is 0.593. The summed E-state index contributed by atoms with van der Waals surface area (Å²) in [5, 5.41) is 3.19. The fraction of sp³-hybridized carbons (Fsp3) is 1.00. The molecule has 1 unspecified atom stereocenters. The van der Waals surface area contributed by atoms with Gasteiger partial charge < -0.3 is 10.1 Å². The lowest BCUT2D eigenvalue weighted by Crippen LogP contribution is -2.31. The topological polar surface area (TPSA) is 21.3 Å². The Balaban J connectivity index is 2.30. The number of ether oxygens (including phenoxy) is 1. The molecule has 0 aromatic heterocycles. The summed E-state index contributed by atoms with van der Waals surface area (Å²) in [6.45, 7) is 3.03. The van der Waals surface area contributed by atoms with E-state index < -0.39 is 0 Å². The smallest absolute Gasteiger partial charge is 0.0700 e. The van der Waals surface area contributed by atoms with Gasteiger partial charge in [-0.2, -0.15) is 0 Å². The van der Waals surface area contributed by atoms with Crippen LogP contribution in [-0.4, -0.2) is 25.8 Å². The molecular weight excluding hydrogens is 102 g/mol. The largest absolute Gasteiger partial charge is 0.377 e.